The van der Waals surface area contributed by atoms with E-state index in [9.17, 15) is 13.9 Å². The first-order valence-corrected chi connectivity index (χ1v) is 5.82. The lowest BCUT2D eigenvalue weighted by Crippen LogP contribution is -2.05. The van der Waals surface area contributed by atoms with Gasteiger partial charge in [0.05, 0.1) is 6.10 Å². The van der Waals surface area contributed by atoms with Crippen molar-refractivity contribution in [3.63, 3.8) is 0 Å². The second kappa shape index (κ2) is 5.46. The van der Waals surface area contributed by atoms with Crippen LogP contribution in [-0.4, -0.2) is 5.11 Å². The average molecular weight is 269 g/mol. The second-order valence-electron chi connectivity index (χ2n) is 3.98. The Bertz CT molecular complexity index is 537. The first-order valence-electron chi connectivity index (χ1n) is 5.44. The fraction of sp³-hybridized carbons (Fsp3) is 0.143. The number of halogens is 3. The van der Waals surface area contributed by atoms with Gasteiger partial charge in [-0.2, -0.15) is 0 Å². The van der Waals surface area contributed by atoms with Crippen molar-refractivity contribution in [1.29, 1.82) is 0 Å². The quantitative estimate of drug-likeness (QED) is 0.895. The minimum absolute atomic E-state index is 0.120. The summed E-state index contributed by atoms with van der Waals surface area (Å²) in [7, 11) is 0. The number of aliphatic hydroxyl groups excluding tert-OH is 1. The summed E-state index contributed by atoms with van der Waals surface area (Å²) in [5, 5.41) is 10.4. The van der Waals surface area contributed by atoms with Crippen LogP contribution < -0.4 is 0 Å². The predicted molar refractivity (Wildman–Crippen MR) is 66.5 cm³/mol. The zero-order valence-corrected chi connectivity index (χ0v) is 10.2. The molecule has 0 saturated heterocycles. The Kier molecular flexibility index (Phi) is 3.94. The standard InChI is InChI=1S/C14H11ClF2O/c15-10-4-1-3-9(7-10)14(18)8-11-12(16)5-2-6-13(11)17/h1-7,14,18H,8H2. The summed E-state index contributed by atoms with van der Waals surface area (Å²) in [4.78, 5) is 0. The van der Waals surface area contributed by atoms with Crippen molar-refractivity contribution in [3.8, 4) is 0 Å². The highest BCUT2D eigenvalue weighted by Gasteiger charge is 2.15. The molecule has 0 saturated carbocycles. The van der Waals surface area contributed by atoms with Gasteiger partial charge in [-0.3, -0.25) is 0 Å². The van der Waals surface area contributed by atoms with E-state index in [1.54, 1.807) is 24.3 Å². The number of benzene rings is 2. The van der Waals surface area contributed by atoms with Gasteiger partial charge < -0.3 is 5.11 Å². The van der Waals surface area contributed by atoms with E-state index >= 15 is 0 Å². The monoisotopic (exact) mass is 268 g/mol. The van der Waals surface area contributed by atoms with Crippen LogP contribution in [0.1, 0.15) is 17.2 Å². The largest absolute Gasteiger partial charge is 0.388 e. The molecule has 1 N–H and O–H groups in total. The third-order valence-electron chi connectivity index (χ3n) is 2.69. The average Bonchev–Trinajstić information content (AvgIpc) is 2.34. The van der Waals surface area contributed by atoms with Crippen LogP contribution in [0.25, 0.3) is 0 Å². The summed E-state index contributed by atoms with van der Waals surface area (Å²) in [5.74, 6) is -1.31. The maximum absolute atomic E-state index is 13.4. The van der Waals surface area contributed by atoms with Crippen molar-refractivity contribution in [2.24, 2.45) is 0 Å². The SMILES string of the molecule is OC(Cc1c(F)cccc1F)c1cccc(Cl)c1. The summed E-state index contributed by atoms with van der Waals surface area (Å²) < 4.78 is 26.9. The summed E-state index contributed by atoms with van der Waals surface area (Å²) in [6.45, 7) is 0. The molecule has 94 valence electrons. The first kappa shape index (κ1) is 13.0. The summed E-state index contributed by atoms with van der Waals surface area (Å²) in [5.41, 5.74) is 0.412. The van der Waals surface area contributed by atoms with Gasteiger partial charge in [0, 0.05) is 17.0 Å². The molecule has 0 aliphatic rings. The van der Waals surface area contributed by atoms with E-state index in [4.69, 9.17) is 11.6 Å². The number of aliphatic hydroxyl groups is 1. The summed E-state index contributed by atoms with van der Waals surface area (Å²) >= 11 is 5.80. The topological polar surface area (TPSA) is 20.2 Å². The summed E-state index contributed by atoms with van der Waals surface area (Å²) in [6, 6.07) is 10.2. The molecule has 2 aromatic carbocycles. The number of rotatable bonds is 3. The maximum atomic E-state index is 13.4. The molecule has 18 heavy (non-hydrogen) atoms. The van der Waals surface area contributed by atoms with Crippen molar-refractivity contribution in [3.05, 3.63) is 70.2 Å². The van der Waals surface area contributed by atoms with Gasteiger partial charge >= 0.3 is 0 Å². The van der Waals surface area contributed by atoms with E-state index in [2.05, 4.69) is 0 Å². The lowest BCUT2D eigenvalue weighted by molar-refractivity contribution is 0.175. The molecule has 2 aromatic rings. The highest BCUT2D eigenvalue weighted by molar-refractivity contribution is 6.30. The molecular formula is C14H11ClF2O. The lowest BCUT2D eigenvalue weighted by atomic mass is 10.0. The van der Waals surface area contributed by atoms with E-state index in [0.29, 0.717) is 10.6 Å². The summed E-state index contributed by atoms with van der Waals surface area (Å²) in [6.07, 6.45) is -1.12. The minimum Gasteiger partial charge on any atom is -0.388 e. The molecule has 0 aliphatic heterocycles. The fourth-order valence-electron chi connectivity index (χ4n) is 1.75. The molecule has 0 amide bonds. The van der Waals surface area contributed by atoms with Crippen LogP contribution in [0.4, 0.5) is 8.78 Å². The van der Waals surface area contributed by atoms with Crippen molar-refractivity contribution >= 4 is 11.6 Å². The van der Waals surface area contributed by atoms with Gasteiger partial charge in [0.15, 0.2) is 0 Å². The Labute approximate surface area is 109 Å². The zero-order valence-electron chi connectivity index (χ0n) is 9.41. The van der Waals surface area contributed by atoms with Crippen LogP contribution in [0.3, 0.4) is 0 Å². The van der Waals surface area contributed by atoms with Gasteiger partial charge in [0.25, 0.3) is 0 Å². The normalized spacial score (nSPS) is 12.4. The molecule has 0 aromatic heterocycles. The molecule has 0 aliphatic carbocycles. The van der Waals surface area contributed by atoms with Crippen LogP contribution in [-0.2, 0) is 6.42 Å². The van der Waals surface area contributed by atoms with Gasteiger partial charge in [-0.25, -0.2) is 8.78 Å². The molecule has 1 atom stereocenters. The predicted octanol–water partition coefficient (Wildman–Crippen LogP) is 3.89. The highest BCUT2D eigenvalue weighted by atomic mass is 35.5. The molecule has 0 fully saturated rings. The van der Waals surface area contributed by atoms with E-state index in [1.807, 2.05) is 0 Å². The molecular weight excluding hydrogens is 258 g/mol. The second-order valence-corrected chi connectivity index (χ2v) is 4.41. The van der Waals surface area contributed by atoms with Gasteiger partial charge in [0.1, 0.15) is 11.6 Å². The maximum Gasteiger partial charge on any atom is 0.129 e. The highest BCUT2D eigenvalue weighted by Crippen LogP contribution is 2.23. The Morgan fingerprint density at radius 1 is 1.06 bits per heavy atom. The molecule has 4 heteroatoms. The van der Waals surface area contributed by atoms with Crippen molar-refractivity contribution in [2.45, 2.75) is 12.5 Å². The Morgan fingerprint density at radius 2 is 1.67 bits per heavy atom. The zero-order chi connectivity index (χ0) is 13.1. The Balaban J connectivity index is 2.24. The Morgan fingerprint density at radius 3 is 2.28 bits per heavy atom. The fourth-order valence-corrected chi connectivity index (χ4v) is 1.95. The van der Waals surface area contributed by atoms with E-state index in [-0.39, 0.29) is 12.0 Å². The van der Waals surface area contributed by atoms with E-state index in [1.165, 1.54) is 18.2 Å². The third-order valence-corrected chi connectivity index (χ3v) is 2.93. The molecule has 2 rings (SSSR count). The van der Waals surface area contributed by atoms with Crippen LogP contribution in [0.15, 0.2) is 42.5 Å². The van der Waals surface area contributed by atoms with Crippen LogP contribution in [0.2, 0.25) is 5.02 Å². The van der Waals surface area contributed by atoms with Gasteiger partial charge in [-0.05, 0) is 29.8 Å². The molecule has 0 bridgehead atoms. The Hall–Kier alpha value is -1.45. The van der Waals surface area contributed by atoms with Gasteiger partial charge in [-0.15, -0.1) is 0 Å². The smallest absolute Gasteiger partial charge is 0.129 e. The first-order chi connectivity index (χ1) is 8.58. The lowest BCUT2D eigenvalue weighted by Gasteiger charge is -2.12. The molecule has 0 spiro atoms. The van der Waals surface area contributed by atoms with Gasteiger partial charge in [-0.1, -0.05) is 29.8 Å². The number of hydrogen-bond donors (Lipinski definition) is 1. The van der Waals surface area contributed by atoms with E-state index < -0.39 is 17.7 Å². The van der Waals surface area contributed by atoms with Gasteiger partial charge in [0.2, 0.25) is 0 Å². The van der Waals surface area contributed by atoms with Crippen molar-refractivity contribution in [2.75, 3.05) is 0 Å². The van der Waals surface area contributed by atoms with E-state index in [0.717, 1.165) is 0 Å². The van der Waals surface area contributed by atoms with Crippen LogP contribution in [0, 0.1) is 11.6 Å². The molecule has 0 radical (unpaired) electrons. The van der Waals surface area contributed by atoms with Crippen molar-refractivity contribution in [1.82, 2.24) is 0 Å². The van der Waals surface area contributed by atoms with Crippen molar-refractivity contribution < 1.29 is 13.9 Å². The molecule has 1 unspecified atom stereocenters. The van der Waals surface area contributed by atoms with Crippen LogP contribution in [0.5, 0.6) is 0 Å². The molecule has 0 heterocycles. The number of hydrogen-bond acceptors (Lipinski definition) is 1. The molecule has 1 nitrogen and oxygen atoms in total. The third kappa shape index (κ3) is 2.86. The van der Waals surface area contributed by atoms with Crippen LogP contribution >= 0.6 is 11.6 Å². The minimum atomic E-state index is -0.991.